The van der Waals surface area contributed by atoms with Gasteiger partial charge >= 0.3 is 12.1 Å². The lowest BCUT2D eigenvalue weighted by Crippen LogP contribution is -2.10. The Morgan fingerprint density at radius 1 is 1.38 bits per heavy atom. The Bertz CT molecular complexity index is 397. The minimum absolute atomic E-state index is 0.131. The molecule has 0 atom stereocenters. The maximum atomic E-state index is 12.5. The lowest BCUT2D eigenvalue weighted by atomic mass is 10.00. The molecule has 88 valence electrons. The van der Waals surface area contributed by atoms with Crippen LogP contribution in [-0.4, -0.2) is 11.1 Å². The van der Waals surface area contributed by atoms with E-state index in [1.54, 1.807) is 6.92 Å². The third-order valence-corrected chi connectivity index (χ3v) is 2.21. The molecular formula is C11H11F3O2. The molecule has 0 saturated heterocycles. The average molecular weight is 232 g/mol. The van der Waals surface area contributed by atoms with Crippen LogP contribution in [0.25, 0.3) is 0 Å². The monoisotopic (exact) mass is 232 g/mol. The molecule has 16 heavy (non-hydrogen) atoms. The van der Waals surface area contributed by atoms with E-state index in [4.69, 9.17) is 5.11 Å². The summed E-state index contributed by atoms with van der Waals surface area (Å²) in [6, 6.07) is 3.45. The van der Waals surface area contributed by atoms with Gasteiger partial charge in [0.15, 0.2) is 0 Å². The third-order valence-electron chi connectivity index (χ3n) is 2.21. The first-order valence-electron chi connectivity index (χ1n) is 4.75. The molecule has 0 aromatic heterocycles. The molecule has 0 unspecified atom stereocenters. The molecule has 2 nitrogen and oxygen atoms in total. The molecule has 1 aromatic rings. The van der Waals surface area contributed by atoms with Crippen molar-refractivity contribution in [1.29, 1.82) is 0 Å². The van der Waals surface area contributed by atoms with Crippen LogP contribution in [0.4, 0.5) is 13.2 Å². The first-order valence-corrected chi connectivity index (χ1v) is 4.75. The number of halogens is 3. The highest BCUT2D eigenvalue weighted by atomic mass is 19.4. The molecule has 0 heterocycles. The molecule has 1 rings (SSSR count). The van der Waals surface area contributed by atoms with Gasteiger partial charge in [-0.2, -0.15) is 13.2 Å². The number of carboxylic acid groups (broad SMARTS) is 1. The van der Waals surface area contributed by atoms with Crippen molar-refractivity contribution in [1.82, 2.24) is 0 Å². The van der Waals surface area contributed by atoms with Crippen LogP contribution in [0, 0.1) is 0 Å². The van der Waals surface area contributed by atoms with Crippen molar-refractivity contribution in [3.63, 3.8) is 0 Å². The number of hydrogen-bond donors (Lipinski definition) is 1. The first-order chi connectivity index (χ1) is 7.34. The van der Waals surface area contributed by atoms with E-state index in [0.717, 1.165) is 6.07 Å². The van der Waals surface area contributed by atoms with Gasteiger partial charge in [-0.3, -0.25) is 4.79 Å². The van der Waals surface area contributed by atoms with Crippen LogP contribution in [0.3, 0.4) is 0 Å². The van der Waals surface area contributed by atoms with E-state index in [2.05, 4.69) is 0 Å². The highest BCUT2D eigenvalue weighted by molar-refractivity contribution is 5.70. The summed E-state index contributed by atoms with van der Waals surface area (Å²) >= 11 is 0. The number of aliphatic carboxylic acids is 1. The Morgan fingerprint density at radius 2 is 2.00 bits per heavy atom. The summed E-state index contributed by atoms with van der Waals surface area (Å²) in [5, 5.41) is 8.54. The molecule has 0 aliphatic heterocycles. The van der Waals surface area contributed by atoms with Crippen molar-refractivity contribution in [3.05, 3.63) is 34.9 Å². The predicted molar refractivity (Wildman–Crippen MR) is 52.2 cm³/mol. The molecule has 1 aromatic carbocycles. The van der Waals surface area contributed by atoms with Gasteiger partial charge in [0.2, 0.25) is 0 Å². The van der Waals surface area contributed by atoms with Gasteiger partial charge in [0, 0.05) is 0 Å². The second-order valence-corrected chi connectivity index (χ2v) is 3.41. The fraction of sp³-hybridized carbons (Fsp3) is 0.364. The molecule has 0 aliphatic carbocycles. The van der Waals surface area contributed by atoms with Gasteiger partial charge in [-0.25, -0.2) is 0 Å². The van der Waals surface area contributed by atoms with Crippen molar-refractivity contribution in [3.8, 4) is 0 Å². The number of rotatable bonds is 3. The molecule has 5 heteroatoms. The van der Waals surface area contributed by atoms with E-state index in [1.165, 1.54) is 12.1 Å². The summed E-state index contributed by atoms with van der Waals surface area (Å²) in [4.78, 5) is 10.4. The van der Waals surface area contributed by atoms with Crippen LogP contribution in [0.15, 0.2) is 18.2 Å². The number of benzene rings is 1. The maximum Gasteiger partial charge on any atom is 0.416 e. The smallest absolute Gasteiger partial charge is 0.416 e. The number of aryl methyl sites for hydroxylation is 1. The van der Waals surface area contributed by atoms with Crippen molar-refractivity contribution in [2.24, 2.45) is 0 Å². The quantitative estimate of drug-likeness (QED) is 0.869. The van der Waals surface area contributed by atoms with Crippen LogP contribution in [0.1, 0.15) is 23.6 Å². The molecule has 0 spiro atoms. The van der Waals surface area contributed by atoms with Gasteiger partial charge < -0.3 is 5.11 Å². The minimum Gasteiger partial charge on any atom is -0.481 e. The molecule has 0 bridgehead atoms. The highest BCUT2D eigenvalue weighted by Crippen LogP contribution is 2.32. The largest absolute Gasteiger partial charge is 0.481 e. The lowest BCUT2D eigenvalue weighted by Gasteiger charge is -2.12. The number of hydrogen-bond acceptors (Lipinski definition) is 1. The standard InChI is InChI=1S/C11H11F3O2/c1-2-8-5-7(6-10(15)16)3-4-9(8)11(12,13)14/h3-5H,2,6H2,1H3,(H,15,16). The van der Waals surface area contributed by atoms with Gasteiger partial charge in [-0.15, -0.1) is 0 Å². The van der Waals surface area contributed by atoms with Crippen molar-refractivity contribution >= 4 is 5.97 Å². The molecule has 0 aliphatic rings. The molecule has 0 amide bonds. The Hall–Kier alpha value is -1.52. The minimum atomic E-state index is -4.38. The summed E-state index contributed by atoms with van der Waals surface area (Å²) in [5.41, 5.74) is -0.173. The van der Waals surface area contributed by atoms with E-state index in [0.29, 0.717) is 5.56 Å². The zero-order valence-electron chi connectivity index (χ0n) is 8.64. The topological polar surface area (TPSA) is 37.3 Å². The molecular weight excluding hydrogens is 221 g/mol. The average Bonchev–Trinajstić information content (AvgIpc) is 2.14. The second-order valence-electron chi connectivity index (χ2n) is 3.41. The summed E-state index contributed by atoms with van der Waals surface area (Å²) in [6.45, 7) is 1.61. The molecule has 0 radical (unpaired) electrons. The normalized spacial score (nSPS) is 11.5. The van der Waals surface area contributed by atoms with E-state index in [9.17, 15) is 18.0 Å². The van der Waals surface area contributed by atoms with Crippen LogP contribution < -0.4 is 0 Å². The summed E-state index contributed by atoms with van der Waals surface area (Å²) in [6.07, 6.45) is -4.42. The number of carboxylic acids is 1. The van der Waals surface area contributed by atoms with E-state index >= 15 is 0 Å². The second kappa shape index (κ2) is 4.55. The van der Waals surface area contributed by atoms with E-state index in [1.807, 2.05) is 0 Å². The summed E-state index contributed by atoms with van der Waals surface area (Å²) in [7, 11) is 0. The van der Waals surface area contributed by atoms with Gasteiger partial charge in [0.05, 0.1) is 12.0 Å². The SMILES string of the molecule is CCc1cc(CC(=O)O)ccc1C(F)(F)F. The molecule has 0 fully saturated rings. The van der Waals surface area contributed by atoms with Gasteiger partial charge in [-0.1, -0.05) is 19.1 Å². The van der Waals surface area contributed by atoms with Gasteiger partial charge in [0.25, 0.3) is 0 Å². The molecule has 1 N–H and O–H groups in total. The summed E-state index contributed by atoms with van der Waals surface area (Å²) in [5.74, 6) is -1.05. The Labute approximate surface area is 90.7 Å². The van der Waals surface area contributed by atoms with Crippen molar-refractivity contribution < 1.29 is 23.1 Å². The zero-order valence-corrected chi connectivity index (χ0v) is 8.64. The summed E-state index contributed by atoms with van der Waals surface area (Å²) < 4.78 is 37.5. The lowest BCUT2D eigenvalue weighted by molar-refractivity contribution is -0.138. The van der Waals surface area contributed by atoms with Crippen LogP contribution >= 0.6 is 0 Å². The van der Waals surface area contributed by atoms with Crippen LogP contribution in [0.2, 0.25) is 0 Å². The van der Waals surface area contributed by atoms with Gasteiger partial charge in [-0.05, 0) is 23.6 Å². The fourth-order valence-corrected chi connectivity index (χ4v) is 1.50. The Kier molecular flexibility index (Phi) is 3.57. The van der Waals surface area contributed by atoms with E-state index in [-0.39, 0.29) is 18.4 Å². The fourth-order valence-electron chi connectivity index (χ4n) is 1.50. The van der Waals surface area contributed by atoms with Crippen LogP contribution in [-0.2, 0) is 23.8 Å². The Balaban J connectivity index is 3.12. The Morgan fingerprint density at radius 3 is 2.44 bits per heavy atom. The number of alkyl halides is 3. The zero-order chi connectivity index (χ0) is 12.3. The first kappa shape index (κ1) is 12.5. The molecule has 0 saturated carbocycles. The number of carbonyl (C=O) groups is 1. The van der Waals surface area contributed by atoms with Gasteiger partial charge in [0.1, 0.15) is 0 Å². The van der Waals surface area contributed by atoms with E-state index < -0.39 is 17.7 Å². The third kappa shape index (κ3) is 2.98. The van der Waals surface area contributed by atoms with Crippen molar-refractivity contribution in [2.45, 2.75) is 25.9 Å². The van der Waals surface area contributed by atoms with Crippen LogP contribution in [0.5, 0.6) is 0 Å². The van der Waals surface area contributed by atoms with Crippen molar-refractivity contribution in [2.75, 3.05) is 0 Å². The maximum absolute atomic E-state index is 12.5. The predicted octanol–water partition coefficient (Wildman–Crippen LogP) is 2.89. The highest BCUT2D eigenvalue weighted by Gasteiger charge is 2.32.